The molecule has 19 heavy (non-hydrogen) atoms. The van der Waals surface area contributed by atoms with Gasteiger partial charge < -0.3 is 4.74 Å². The molecular weight excluding hydrogens is 242 g/mol. The highest BCUT2D eigenvalue weighted by Gasteiger charge is 2.32. The van der Waals surface area contributed by atoms with Gasteiger partial charge in [0.05, 0.1) is 6.04 Å². The van der Waals surface area contributed by atoms with Crippen LogP contribution in [0.1, 0.15) is 47.0 Å². The Kier molecular flexibility index (Phi) is 5.33. The first-order valence-electron chi connectivity index (χ1n) is 6.74. The lowest BCUT2D eigenvalue weighted by Gasteiger charge is -2.31. The third-order valence-corrected chi connectivity index (χ3v) is 2.61. The molecule has 1 heterocycles. The summed E-state index contributed by atoms with van der Waals surface area (Å²) in [5.74, 6) is -0.313. The summed E-state index contributed by atoms with van der Waals surface area (Å²) >= 11 is 0. The van der Waals surface area contributed by atoms with E-state index in [1.807, 2.05) is 12.2 Å². The summed E-state index contributed by atoms with van der Waals surface area (Å²) in [7, 11) is 0. The Morgan fingerprint density at radius 3 is 2.79 bits per heavy atom. The monoisotopic (exact) mass is 265 g/mol. The molecule has 0 saturated heterocycles. The maximum absolute atomic E-state index is 12.1. The Hall–Kier alpha value is -1.58. The molecule has 1 aliphatic heterocycles. The van der Waals surface area contributed by atoms with Crippen molar-refractivity contribution in [1.82, 2.24) is 4.90 Å². The standard InChI is InChI=1S/C15H23NO3/c1-5-6-7-9-12-10-8-11-13(17)16(12)14(18)19-15(2,3)4/h7-9,11-12H,5-6,10H2,1-4H3/b9-7+/t12-/m0/s1. The van der Waals surface area contributed by atoms with Crippen molar-refractivity contribution >= 4 is 12.0 Å². The van der Waals surface area contributed by atoms with E-state index in [9.17, 15) is 9.59 Å². The van der Waals surface area contributed by atoms with Gasteiger partial charge in [-0.25, -0.2) is 9.69 Å². The van der Waals surface area contributed by atoms with Crippen LogP contribution in [-0.2, 0) is 9.53 Å². The summed E-state index contributed by atoms with van der Waals surface area (Å²) in [6.45, 7) is 7.45. The average Bonchev–Trinajstić information content (AvgIpc) is 2.26. The van der Waals surface area contributed by atoms with Crippen LogP contribution in [-0.4, -0.2) is 28.5 Å². The highest BCUT2D eigenvalue weighted by molar-refractivity contribution is 6.00. The van der Waals surface area contributed by atoms with Gasteiger partial charge in [0.2, 0.25) is 0 Å². The molecule has 0 aromatic rings. The van der Waals surface area contributed by atoms with Gasteiger partial charge in [-0.05, 0) is 39.7 Å². The van der Waals surface area contributed by atoms with E-state index >= 15 is 0 Å². The summed E-state index contributed by atoms with van der Waals surface area (Å²) in [5, 5.41) is 0. The summed E-state index contributed by atoms with van der Waals surface area (Å²) in [6, 6.07) is -0.237. The highest BCUT2D eigenvalue weighted by Crippen LogP contribution is 2.18. The van der Waals surface area contributed by atoms with Crippen molar-refractivity contribution in [1.29, 1.82) is 0 Å². The molecule has 0 aromatic carbocycles. The van der Waals surface area contributed by atoms with Crippen molar-refractivity contribution < 1.29 is 14.3 Å². The quantitative estimate of drug-likeness (QED) is 0.734. The van der Waals surface area contributed by atoms with Gasteiger partial charge in [-0.15, -0.1) is 0 Å². The van der Waals surface area contributed by atoms with E-state index < -0.39 is 11.7 Å². The molecule has 2 amide bonds. The lowest BCUT2D eigenvalue weighted by Crippen LogP contribution is -2.47. The molecule has 0 aliphatic carbocycles. The largest absolute Gasteiger partial charge is 0.443 e. The average molecular weight is 265 g/mol. The van der Waals surface area contributed by atoms with Crippen LogP contribution >= 0.6 is 0 Å². The predicted octanol–water partition coefficient (Wildman–Crippen LogP) is 3.43. The Morgan fingerprint density at radius 1 is 1.53 bits per heavy atom. The number of hydrogen-bond donors (Lipinski definition) is 0. The second kappa shape index (κ2) is 6.55. The van der Waals surface area contributed by atoms with Crippen LogP contribution in [0.4, 0.5) is 4.79 Å². The van der Waals surface area contributed by atoms with E-state index in [-0.39, 0.29) is 11.9 Å². The van der Waals surface area contributed by atoms with Crippen molar-refractivity contribution in [3.8, 4) is 0 Å². The van der Waals surface area contributed by atoms with E-state index in [1.165, 1.54) is 11.0 Å². The molecule has 0 unspecified atom stereocenters. The van der Waals surface area contributed by atoms with Gasteiger partial charge in [-0.3, -0.25) is 4.79 Å². The third kappa shape index (κ3) is 4.89. The third-order valence-electron chi connectivity index (χ3n) is 2.61. The number of amides is 2. The summed E-state index contributed by atoms with van der Waals surface area (Å²) in [5.41, 5.74) is -0.601. The molecule has 4 heteroatoms. The number of carbonyl (C=O) groups excluding carboxylic acids is 2. The van der Waals surface area contributed by atoms with Gasteiger partial charge in [0.25, 0.3) is 5.91 Å². The van der Waals surface area contributed by atoms with Crippen LogP contribution in [0.5, 0.6) is 0 Å². The van der Waals surface area contributed by atoms with Gasteiger partial charge in [0, 0.05) is 0 Å². The minimum atomic E-state index is -0.601. The normalized spacial score (nSPS) is 20.1. The van der Waals surface area contributed by atoms with Crippen LogP contribution in [0.3, 0.4) is 0 Å². The molecule has 0 aromatic heterocycles. The van der Waals surface area contributed by atoms with E-state index in [4.69, 9.17) is 4.74 Å². The molecule has 106 valence electrons. The lowest BCUT2D eigenvalue weighted by molar-refractivity contribution is -0.127. The van der Waals surface area contributed by atoms with Gasteiger partial charge in [0.1, 0.15) is 5.60 Å². The molecule has 1 rings (SSSR count). The molecule has 1 atom stereocenters. The number of imide groups is 1. The summed E-state index contributed by atoms with van der Waals surface area (Å²) in [4.78, 5) is 25.1. The van der Waals surface area contributed by atoms with Gasteiger partial charge >= 0.3 is 6.09 Å². The Balaban J connectivity index is 2.82. The van der Waals surface area contributed by atoms with Gasteiger partial charge in [0.15, 0.2) is 0 Å². The molecule has 1 aliphatic rings. The Morgan fingerprint density at radius 2 is 2.21 bits per heavy atom. The summed E-state index contributed by atoms with van der Waals surface area (Å²) in [6.07, 6.45) is 9.19. The van der Waals surface area contributed by atoms with Crippen molar-refractivity contribution in [2.75, 3.05) is 0 Å². The van der Waals surface area contributed by atoms with E-state index in [1.54, 1.807) is 26.8 Å². The summed E-state index contributed by atoms with van der Waals surface area (Å²) < 4.78 is 5.28. The van der Waals surface area contributed by atoms with Crippen molar-refractivity contribution in [3.05, 3.63) is 24.3 Å². The molecule has 0 bridgehead atoms. The predicted molar refractivity (Wildman–Crippen MR) is 74.7 cm³/mol. The first kappa shape index (κ1) is 15.5. The van der Waals surface area contributed by atoms with E-state index in [0.29, 0.717) is 6.42 Å². The fourth-order valence-corrected chi connectivity index (χ4v) is 1.78. The number of unbranched alkanes of at least 4 members (excludes halogenated alkanes) is 1. The number of ether oxygens (including phenoxy) is 1. The smallest absolute Gasteiger partial charge is 0.417 e. The number of rotatable bonds is 3. The zero-order valence-corrected chi connectivity index (χ0v) is 12.2. The van der Waals surface area contributed by atoms with Crippen LogP contribution < -0.4 is 0 Å². The van der Waals surface area contributed by atoms with Crippen molar-refractivity contribution in [3.63, 3.8) is 0 Å². The fourth-order valence-electron chi connectivity index (χ4n) is 1.78. The van der Waals surface area contributed by atoms with Crippen LogP contribution in [0, 0.1) is 0 Å². The SMILES string of the molecule is CCC/C=C/[C@H]1CC=CC(=O)N1C(=O)OC(C)(C)C. The highest BCUT2D eigenvalue weighted by atomic mass is 16.6. The molecular formula is C15H23NO3. The minimum Gasteiger partial charge on any atom is -0.443 e. The molecule has 4 nitrogen and oxygen atoms in total. The van der Waals surface area contributed by atoms with Gasteiger partial charge in [-0.1, -0.05) is 31.6 Å². The maximum Gasteiger partial charge on any atom is 0.417 e. The molecule has 0 fully saturated rings. The molecule has 0 radical (unpaired) electrons. The lowest BCUT2D eigenvalue weighted by atomic mass is 10.1. The van der Waals surface area contributed by atoms with Crippen LogP contribution in [0.25, 0.3) is 0 Å². The number of nitrogens with zero attached hydrogens (tertiary/aromatic N) is 1. The molecule has 0 saturated carbocycles. The number of hydrogen-bond acceptors (Lipinski definition) is 3. The number of allylic oxidation sites excluding steroid dienone is 1. The second-order valence-corrected chi connectivity index (χ2v) is 5.61. The van der Waals surface area contributed by atoms with E-state index in [2.05, 4.69) is 6.92 Å². The molecule has 0 N–H and O–H groups in total. The Bertz CT molecular complexity index is 391. The van der Waals surface area contributed by atoms with Gasteiger partial charge in [-0.2, -0.15) is 0 Å². The first-order chi connectivity index (χ1) is 8.85. The van der Waals surface area contributed by atoms with Crippen LogP contribution in [0.2, 0.25) is 0 Å². The topological polar surface area (TPSA) is 46.6 Å². The van der Waals surface area contributed by atoms with Crippen molar-refractivity contribution in [2.24, 2.45) is 0 Å². The van der Waals surface area contributed by atoms with E-state index in [0.717, 1.165) is 12.8 Å². The zero-order chi connectivity index (χ0) is 14.5. The second-order valence-electron chi connectivity index (χ2n) is 5.61. The minimum absolute atomic E-state index is 0.237. The zero-order valence-electron chi connectivity index (χ0n) is 12.2. The Labute approximate surface area is 115 Å². The maximum atomic E-state index is 12.1. The van der Waals surface area contributed by atoms with Crippen LogP contribution in [0.15, 0.2) is 24.3 Å². The molecule has 0 spiro atoms. The number of carbonyl (C=O) groups is 2. The fraction of sp³-hybridized carbons (Fsp3) is 0.600. The first-order valence-corrected chi connectivity index (χ1v) is 6.74. The van der Waals surface area contributed by atoms with Crippen molar-refractivity contribution in [2.45, 2.75) is 58.6 Å².